The van der Waals surface area contributed by atoms with Crippen molar-refractivity contribution in [1.82, 2.24) is 9.80 Å². The summed E-state index contributed by atoms with van der Waals surface area (Å²) in [6.45, 7) is 7.36. The van der Waals surface area contributed by atoms with E-state index in [-0.39, 0.29) is 17.5 Å². The first-order valence-electron chi connectivity index (χ1n) is 14.2. The summed E-state index contributed by atoms with van der Waals surface area (Å²) in [7, 11) is -3.62. The van der Waals surface area contributed by atoms with Crippen LogP contribution in [0.15, 0.2) is 58.3 Å². The number of benzene rings is 2. The molecule has 1 N–H and O–H groups in total. The summed E-state index contributed by atoms with van der Waals surface area (Å²) in [5.74, 6) is 0.570. The topological polar surface area (TPSA) is 70.1 Å². The highest BCUT2D eigenvalue weighted by Crippen LogP contribution is 2.29. The van der Waals surface area contributed by atoms with Crippen molar-refractivity contribution in [3.8, 4) is 5.75 Å². The van der Waals surface area contributed by atoms with Crippen molar-refractivity contribution >= 4 is 9.84 Å². The van der Waals surface area contributed by atoms with Gasteiger partial charge >= 0.3 is 0 Å². The molecule has 0 radical (unpaired) electrons. The molecule has 2 aromatic carbocycles. The van der Waals surface area contributed by atoms with E-state index < -0.39 is 9.84 Å². The van der Waals surface area contributed by atoms with Gasteiger partial charge < -0.3 is 9.84 Å². The van der Waals surface area contributed by atoms with E-state index in [1.165, 1.54) is 32.1 Å². The summed E-state index contributed by atoms with van der Waals surface area (Å²) >= 11 is 0. The number of aliphatic hydroxyl groups excluding tert-OH is 1. The van der Waals surface area contributed by atoms with Gasteiger partial charge in [0.25, 0.3) is 0 Å². The lowest BCUT2D eigenvalue weighted by Crippen LogP contribution is -2.51. The summed E-state index contributed by atoms with van der Waals surface area (Å²) in [4.78, 5) is 5.78. The number of ether oxygens (including phenoxy) is 1. The molecule has 7 heteroatoms. The molecule has 0 amide bonds. The summed E-state index contributed by atoms with van der Waals surface area (Å²) < 4.78 is 32.4. The molecule has 1 aliphatic heterocycles. The molecule has 0 aromatic heterocycles. The number of hydrogen-bond acceptors (Lipinski definition) is 6. The molecule has 1 heterocycles. The van der Waals surface area contributed by atoms with Crippen molar-refractivity contribution in [3.63, 3.8) is 0 Å². The molecule has 2 aliphatic rings. The van der Waals surface area contributed by atoms with Crippen molar-refractivity contribution < 1.29 is 18.3 Å². The molecular formula is C30H44N2O4S. The Morgan fingerprint density at radius 1 is 0.892 bits per heavy atom. The molecule has 2 aromatic rings. The van der Waals surface area contributed by atoms with Crippen molar-refractivity contribution in [1.29, 1.82) is 0 Å². The van der Waals surface area contributed by atoms with Crippen LogP contribution in [0, 0.1) is 0 Å². The molecule has 37 heavy (non-hydrogen) atoms. The van der Waals surface area contributed by atoms with Gasteiger partial charge in [-0.3, -0.25) is 9.80 Å². The summed E-state index contributed by atoms with van der Waals surface area (Å²) in [5, 5.41) is 8.86. The Labute approximate surface area is 223 Å². The molecule has 0 bridgehead atoms. The second-order valence-electron chi connectivity index (χ2n) is 10.6. The molecular weight excluding hydrogens is 484 g/mol. The number of sulfone groups is 1. The molecule has 4 rings (SSSR count). The van der Waals surface area contributed by atoms with Crippen LogP contribution in [0.5, 0.6) is 5.75 Å². The van der Waals surface area contributed by atoms with Gasteiger partial charge in [-0.05, 0) is 74.9 Å². The minimum atomic E-state index is -3.62. The Kier molecular flexibility index (Phi) is 10.4. The minimum absolute atomic E-state index is 0.220. The quantitative estimate of drug-likeness (QED) is 0.369. The zero-order chi connectivity index (χ0) is 26.1. The van der Waals surface area contributed by atoms with Gasteiger partial charge in [0.2, 0.25) is 9.84 Å². The number of unbranched alkanes of at least 4 members (excludes halogenated alkanes) is 3. The third-order valence-corrected chi connectivity index (χ3v) is 9.86. The first kappa shape index (κ1) is 28.1. The van der Waals surface area contributed by atoms with E-state index in [1.807, 2.05) is 12.1 Å². The van der Waals surface area contributed by atoms with Gasteiger partial charge in [-0.2, -0.15) is 0 Å². The molecule has 1 aliphatic carbocycles. The van der Waals surface area contributed by atoms with Gasteiger partial charge in [-0.25, -0.2) is 8.42 Å². The van der Waals surface area contributed by atoms with Gasteiger partial charge in [-0.15, -0.1) is 0 Å². The Balaban J connectivity index is 1.32. The van der Waals surface area contributed by atoms with Crippen molar-refractivity contribution in [2.75, 3.05) is 39.4 Å². The van der Waals surface area contributed by atoms with Crippen molar-refractivity contribution in [3.05, 3.63) is 54.1 Å². The van der Waals surface area contributed by atoms with E-state index in [2.05, 4.69) is 16.7 Å². The average Bonchev–Trinajstić information content (AvgIpc) is 2.95. The van der Waals surface area contributed by atoms with Gasteiger partial charge in [0.15, 0.2) is 0 Å². The molecule has 1 saturated carbocycles. The maximum absolute atomic E-state index is 13.3. The van der Waals surface area contributed by atoms with Crippen LogP contribution >= 0.6 is 0 Å². The van der Waals surface area contributed by atoms with Gasteiger partial charge in [-0.1, -0.05) is 43.9 Å². The third-order valence-electron chi connectivity index (χ3n) is 8.10. The number of nitrogens with zero attached hydrogens (tertiary/aromatic N) is 2. The molecule has 1 saturated heterocycles. The van der Waals surface area contributed by atoms with Crippen LogP contribution in [-0.4, -0.2) is 68.8 Å². The molecule has 1 unspecified atom stereocenters. The Morgan fingerprint density at radius 2 is 1.59 bits per heavy atom. The van der Waals surface area contributed by atoms with E-state index >= 15 is 0 Å². The van der Waals surface area contributed by atoms with Crippen molar-refractivity contribution in [2.45, 2.75) is 86.6 Å². The summed E-state index contributed by atoms with van der Waals surface area (Å²) in [6, 6.07) is 15.2. The normalized spacial score (nSPS) is 19.1. The molecule has 1 atom stereocenters. The predicted molar refractivity (Wildman–Crippen MR) is 148 cm³/mol. The second kappa shape index (κ2) is 13.7. The Hall–Kier alpha value is -1.93. The standard InChI is InChI=1S/C30H44N2O4S/c1-25(31-18-20-32(21-19-31)27-10-5-4-6-11-27)26-14-16-29(17-15-26)37(34,35)30-13-9-12-28(24-30)36-23-8-3-2-7-22-33/h9,12-17,24-25,27,33H,2-8,10-11,18-23H2,1H3. The lowest BCUT2D eigenvalue weighted by atomic mass is 9.93. The predicted octanol–water partition coefficient (Wildman–Crippen LogP) is 5.46. The second-order valence-corrected chi connectivity index (χ2v) is 12.5. The van der Waals surface area contributed by atoms with Gasteiger partial charge in [0.05, 0.1) is 16.4 Å². The molecule has 0 spiro atoms. The first-order chi connectivity index (χ1) is 18.0. The largest absolute Gasteiger partial charge is 0.494 e. The third kappa shape index (κ3) is 7.56. The summed E-state index contributed by atoms with van der Waals surface area (Å²) in [5.41, 5.74) is 1.16. The van der Waals surface area contributed by atoms with Gasteiger partial charge in [0.1, 0.15) is 5.75 Å². The Bertz CT molecular complexity index is 1060. The monoisotopic (exact) mass is 528 g/mol. The number of piperazine rings is 1. The highest BCUT2D eigenvalue weighted by molar-refractivity contribution is 7.91. The van der Waals surface area contributed by atoms with Crippen LogP contribution in [-0.2, 0) is 9.84 Å². The number of hydrogen-bond donors (Lipinski definition) is 1. The molecule has 6 nitrogen and oxygen atoms in total. The average molecular weight is 529 g/mol. The smallest absolute Gasteiger partial charge is 0.206 e. The van der Waals surface area contributed by atoms with Crippen LogP contribution in [0.25, 0.3) is 0 Å². The van der Waals surface area contributed by atoms with Crippen LogP contribution in [0.4, 0.5) is 0 Å². The highest BCUT2D eigenvalue weighted by Gasteiger charge is 2.27. The van der Waals surface area contributed by atoms with Crippen molar-refractivity contribution in [2.24, 2.45) is 0 Å². The number of rotatable bonds is 12. The van der Waals surface area contributed by atoms with E-state index in [9.17, 15) is 8.42 Å². The minimum Gasteiger partial charge on any atom is -0.494 e. The zero-order valence-electron chi connectivity index (χ0n) is 22.4. The van der Waals surface area contributed by atoms with E-state index in [0.29, 0.717) is 17.3 Å². The van der Waals surface area contributed by atoms with E-state index in [1.54, 1.807) is 36.4 Å². The van der Waals surface area contributed by atoms with Crippen LogP contribution in [0.2, 0.25) is 0 Å². The zero-order valence-corrected chi connectivity index (χ0v) is 23.2. The fraction of sp³-hybridized carbons (Fsp3) is 0.600. The van der Waals surface area contributed by atoms with E-state index in [4.69, 9.17) is 9.84 Å². The molecule has 2 fully saturated rings. The van der Waals surface area contributed by atoms with Gasteiger partial charge in [0, 0.05) is 44.9 Å². The lowest BCUT2D eigenvalue weighted by Gasteiger charge is -2.42. The summed E-state index contributed by atoms with van der Waals surface area (Å²) in [6.07, 6.45) is 10.5. The van der Waals surface area contributed by atoms with Crippen LogP contribution in [0.3, 0.4) is 0 Å². The van der Waals surface area contributed by atoms with Crippen LogP contribution in [0.1, 0.15) is 76.3 Å². The van der Waals surface area contributed by atoms with Crippen LogP contribution < -0.4 is 4.74 Å². The fourth-order valence-corrected chi connectivity index (χ4v) is 6.99. The highest BCUT2D eigenvalue weighted by atomic mass is 32.2. The number of aliphatic hydroxyl groups is 1. The molecule has 204 valence electrons. The fourth-order valence-electron chi connectivity index (χ4n) is 5.70. The Morgan fingerprint density at radius 3 is 2.30 bits per heavy atom. The van der Waals surface area contributed by atoms with E-state index in [0.717, 1.165) is 63.5 Å². The SMILES string of the molecule is CC(c1ccc(S(=O)(=O)c2cccc(OCCCCCCO)c2)cc1)N1CCN(C2CCCCC2)CC1. The first-order valence-corrected chi connectivity index (χ1v) is 15.6. The maximum atomic E-state index is 13.3. The lowest BCUT2D eigenvalue weighted by molar-refractivity contribution is 0.0602. The maximum Gasteiger partial charge on any atom is 0.206 e.